The third-order valence-corrected chi connectivity index (χ3v) is 2.87. The summed E-state index contributed by atoms with van der Waals surface area (Å²) in [5.41, 5.74) is 0. The molecule has 2 N–H and O–H groups in total. The van der Waals surface area contributed by atoms with E-state index in [2.05, 4.69) is 15.3 Å². The van der Waals surface area contributed by atoms with Crippen molar-refractivity contribution in [2.45, 2.75) is 32.4 Å². The van der Waals surface area contributed by atoms with Crippen LogP contribution in [0.1, 0.15) is 32.0 Å². The summed E-state index contributed by atoms with van der Waals surface area (Å²) in [7, 11) is 1.69. The average Bonchev–Trinajstić information content (AvgIpc) is 2.42. The fourth-order valence-electron chi connectivity index (χ4n) is 1.78. The highest BCUT2D eigenvalue weighted by Gasteiger charge is 2.35. The molecule has 0 saturated heterocycles. The average molecular weight is 306 g/mol. The van der Waals surface area contributed by atoms with Crippen molar-refractivity contribution in [2.75, 3.05) is 37.0 Å². The Labute approximate surface area is 122 Å². The first-order chi connectivity index (χ1) is 9.88. The summed E-state index contributed by atoms with van der Waals surface area (Å²) in [6, 6.07) is 1.50. The van der Waals surface area contributed by atoms with Crippen LogP contribution in [0, 0.1) is 0 Å². The van der Waals surface area contributed by atoms with E-state index in [0.717, 1.165) is 12.8 Å². The van der Waals surface area contributed by atoms with Gasteiger partial charge in [0, 0.05) is 32.8 Å². The molecule has 21 heavy (non-hydrogen) atoms. The number of aliphatic hydroxyl groups is 1. The summed E-state index contributed by atoms with van der Waals surface area (Å²) in [5.74, 6) is -0.743. The lowest BCUT2D eigenvalue weighted by Crippen LogP contribution is -2.23. The second-order valence-electron chi connectivity index (χ2n) is 4.67. The molecule has 120 valence electrons. The highest BCUT2D eigenvalue weighted by atomic mass is 19.4. The van der Waals surface area contributed by atoms with E-state index in [0.29, 0.717) is 19.5 Å². The summed E-state index contributed by atoms with van der Waals surface area (Å²) in [6.07, 6.45) is -2.29. The molecule has 0 aliphatic heterocycles. The SMILES string of the molecule is CCNc1cc(N(C)CCCCCO)nc(C(F)(F)F)n1. The van der Waals surface area contributed by atoms with E-state index < -0.39 is 12.0 Å². The number of unbranched alkanes of at least 4 members (excludes halogenated alkanes) is 2. The van der Waals surface area contributed by atoms with Crippen molar-refractivity contribution in [3.8, 4) is 0 Å². The van der Waals surface area contributed by atoms with E-state index >= 15 is 0 Å². The van der Waals surface area contributed by atoms with Crippen molar-refractivity contribution in [3.05, 3.63) is 11.9 Å². The third-order valence-electron chi connectivity index (χ3n) is 2.87. The first-order valence-electron chi connectivity index (χ1n) is 6.90. The molecule has 0 atom stereocenters. The van der Waals surface area contributed by atoms with Crippen molar-refractivity contribution in [1.82, 2.24) is 9.97 Å². The zero-order valence-corrected chi connectivity index (χ0v) is 12.2. The first-order valence-corrected chi connectivity index (χ1v) is 6.90. The number of rotatable bonds is 8. The number of nitrogens with one attached hydrogen (secondary N) is 1. The highest BCUT2D eigenvalue weighted by Crippen LogP contribution is 2.29. The molecule has 0 bridgehead atoms. The Bertz CT molecular complexity index is 440. The quantitative estimate of drug-likeness (QED) is 0.723. The molecule has 0 aliphatic rings. The van der Waals surface area contributed by atoms with Gasteiger partial charge in [0.2, 0.25) is 5.82 Å². The monoisotopic (exact) mass is 306 g/mol. The van der Waals surface area contributed by atoms with Crippen LogP contribution < -0.4 is 10.2 Å². The minimum absolute atomic E-state index is 0.125. The van der Waals surface area contributed by atoms with Crippen molar-refractivity contribution in [3.63, 3.8) is 0 Å². The second kappa shape index (κ2) is 8.02. The van der Waals surface area contributed by atoms with Crippen LogP contribution in [0.3, 0.4) is 0 Å². The number of anilines is 2. The van der Waals surface area contributed by atoms with Gasteiger partial charge >= 0.3 is 6.18 Å². The van der Waals surface area contributed by atoms with Gasteiger partial charge in [0.15, 0.2) is 0 Å². The maximum atomic E-state index is 12.8. The van der Waals surface area contributed by atoms with Crippen molar-refractivity contribution in [1.29, 1.82) is 0 Å². The largest absolute Gasteiger partial charge is 0.451 e. The molecule has 5 nitrogen and oxygen atoms in total. The number of aliphatic hydroxyl groups excluding tert-OH is 1. The highest BCUT2D eigenvalue weighted by molar-refractivity contribution is 5.49. The molecule has 0 aromatic carbocycles. The van der Waals surface area contributed by atoms with Gasteiger partial charge in [-0.05, 0) is 26.2 Å². The Morgan fingerprint density at radius 2 is 1.95 bits per heavy atom. The summed E-state index contributed by atoms with van der Waals surface area (Å²) < 4.78 is 38.4. The van der Waals surface area contributed by atoms with Gasteiger partial charge < -0.3 is 15.3 Å². The molecule has 1 aromatic heterocycles. The number of hydrogen-bond donors (Lipinski definition) is 2. The smallest absolute Gasteiger partial charge is 0.396 e. The number of hydrogen-bond acceptors (Lipinski definition) is 5. The zero-order valence-electron chi connectivity index (χ0n) is 12.2. The molecule has 0 radical (unpaired) electrons. The summed E-state index contributed by atoms with van der Waals surface area (Å²) >= 11 is 0. The van der Waals surface area contributed by atoms with Crippen LogP contribution >= 0.6 is 0 Å². The van der Waals surface area contributed by atoms with E-state index in [-0.39, 0.29) is 18.2 Å². The predicted octanol–water partition coefficient (Wildman–Crippen LogP) is 2.53. The Kier molecular flexibility index (Phi) is 6.67. The van der Waals surface area contributed by atoms with Crippen LogP contribution in [-0.4, -0.2) is 41.8 Å². The van der Waals surface area contributed by atoms with Gasteiger partial charge in [0.1, 0.15) is 11.6 Å². The number of aromatic nitrogens is 2. The third kappa shape index (κ3) is 5.74. The molecule has 8 heteroatoms. The van der Waals surface area contributed by atoms with Crippen molar-refractivity contribution in [2.24, 2.45) is 0 Å². The van der Waals surface area contributed by atoms with E-state index in [1.807, 2.05) is 0 Å². The predicted molar refractivity (Wildman–Crippen MR) is 75.4 cm³/mol. The van der Waals surface area contributed by atoms with Gasteiger partial charge in [-0.1, -0.05) is 0 Å². The van der Waals surface area contributed by atoms with Gasteiger partial charge in [-0.15, -0.1) is 0 Å². The molecular formula is C13H21F3N4O. The number of nitrogens with zero attached hydrogens (tertiary/aromatic N) is 3. The molecule has 1 rings (SSSR count). The fraction of sp³-hybridized carbons (Fsp3) is 0.692. The van der Waals surface area contributed by atoms with E-state index in [9.17, 15) is 13.2 Å². The topological polar surface area (TPSA) is 61.3 Å². The second-order valence-corrected chi connectivity index (χ2v) is 4.67. The molecule has 0 fully saturated rings. The lowest BCUT2D eigenvalue weighted by Gasteiger charge is -2.20. The van der Waals surface area contributed by atoms with E-state index in [1.54, 1.807) is 18.9 Å². The van der Waals surface area contributed by atoms with Crippen LogP contribution in [0.15, 0.2) is 6.07 Å². The van der Waals surface area contributed by atoms with Gasteiger partial charge in [-0.2, -0.15) is 13.2 Å². The minimum atomic E-state index is -4.57. The van der Waals surface area contributed by atoms with Gasteiger partial charge in [0.25, 0.3) is 0 Å². The molecule has 0 saturated carbocycles. The van der Waals surface area contributed by atoms with Crippen LogP contribution in [0.2, 0.25) is 0 Å². The van der Waals surface area contributed by atoms with Gasteiger partial charge in [-0.3, -0.25) is 0 Å². The van der Waals surface area contributed by atoms with Gasteiger partial charge in [0.05, 0.1) is 0 Å². The molecule has 0 aliphatic carbocycles. The fourth-order valence-corrected chi connectivity index (χ4v) is 1.78. The maximum Gasteiger partial charge on any atom is 0.451 e. The number of halogens is 3. The molecule has 0 unspecified atom stereocenters. The van der Waals surface area contributed by atoms with Gasteiger partial charge in [-0.25, -0.2) is 9.97 Å². The lowest BCUT2D eigenvalue weighted by atomic mass is 10.2. The molecule has 1 aromatic rings. The van der Waals surface area contributed by atoms with Crippen LogP contribution in [0.4, 0.5) is 24.8 Å². The Hall–Kier alpha value is -1.57. The zero-order chi connectivity index (χ0) is 15.9. The molecular weight excluding hydrogens is 285 g/mol. The van der Waals surface area contributed by atoms with E-state index in [1.165, 1.54) is 6.07 Å². The molecule has 0 amide bonds. The maximum absolute atomic E-state index is 12.8. The lowest BCUT2D eigenvalue weighted by molar-refractivity contribution is -0.144. The first kappa shape index (κ1) is 17.5. The minimum Gasteiger partial charge on any atom is -0.396 e. The van der Waals surface area contributed by atoms with Crippen molar-refractivity contribution < 1.29 is 18.3 Å². The van der Waals surface area contributed by atoms with Crippen LogP contribution in [0.25, 0.3) is 0 Å². The molecule has 1 heterocycles. The summed E-state index contributed by atoms with van der Waals surface area (Å²) in [6.45, 7) is 2.96. The van der Waals surface area contributed by atoms with Crippen LogP contribution in [0.5, 0.6) is 0 Å². The van der Waals surface area contributed by atoms with Crippen molar-refractivity contribution >= 4 is 11.6 Å². The van der Waals surface area contributed by atoms with Crippen LogP contribution in [-0.2, 0) is 6.18 Å². The molecule has 0 spiro atoms. The summed E-state index contributed by atoms with van der Waals surface area (Å²) in [4.78, 5) is 8.73. The van der Waals surface area contributed by atoms with E-state index in [4.69, 9.17) is 5.11 Å². The standard InChI is InChI=1S/C13H21F3N4O/c1-3-17-10-9-11(19-12(18-10)13(14,15)16)20(2)7-5-4-6-8-21/h9,21H,3-8H2,1-2H3,(H,17,18,19). The Morgan fingerprint density at radius 3 is 2.52 bits per heavy atom. The Balaban J connectivity index is 2.86. The normalized spacial score (nSPS) is 11.5. The Morgan fingerprint density at radius 1 is 1.24 bits per heavy atom. The summed E-state index contributed by atoms with van der Waals surface area (Å²) in [5, 5.41) is 11.5. The number of alkyl halides is 3.